The van der Waals surface area contributed by atoms with E-state index in [2.05, 4.69) is 36.4 Å². The Labute approximate surface area is 134 Å². The number of anilines is 1. The lowest BCUT2D eigenvalue weighted by molar-refractivity contribution is -0.113. The van der Waals surface area contributed by atoms with Gasteiger partial charge in [0.05, 0.1) is 5.75 Å². The average Bonchev–Trinajstić information content (AvgIpc) is 2.81. The van der Waals surface area contributed by atoms with Crippen LogP contribution in [0.3, 0.4) is 0 Å². The number of pyridine rings is 1. The Morgan fingerprint density at radius 2 is 2.29 bits per heavy atom. The van der Waals surface area contributed by atoms with Gasteiger partial charge >= 0.3 is 0 Å². The number of thioether (sulfide) groups is 1. The van der Waals surface area contributed by atoms with E-state index >= 15 is 0 Å². The number of carbonyl (C=O) groups is 1. The van der Waals surface area contributed by atoms with Crippen molar-refractivity contribution in [3.63, 3.8) is 0 Å². The van der Waals surface area contributed by atoms with Crippen molar-refractivity contribution in [1.29, 1.82) is 0 Å². The molecule has 0 aliphatic heterocycles. The summed E-state index contributed by atoms with van der Waals surface area (Å²) in [4.78, 5) is 16.0. The number of nitrogens with zero attached hydrogens (tertiary/aromatic N) is 4. The van der Waals surface area contributed by atoms with Crippen molar-refractivity contribution in [2.75, 3.05) is 17.6 Å². The molecule has 2 rings (SSSR count). The molecule has 0 saturated heterocycles. The van der Waals surface area contributed by atoms with E-state index in [-0.39, 0.29) is 11.7 Å². The highest BCUT2D eigenvalue weighted by Crippen LogP contribution is 2.17. The van der Waals surface area contributed by atoms with E-state index in [9.17, 15) is 4.79 Å². The van der Waals surface area contributed by atoms with E-state index in [1.54, 1.807) is 12.3 Å². The zero-order chi connectivity index (χ0) is 15.2. The van der Waals surface area contributed by atoms with Crippen LogP contribution in [0.1, 0.15) is 5.82 Å². The van der Waals surface area contributed by atoms with Gasteiger partial charge in [0.15, 0.2) is 5.16 Å². The van der Waals surface area contributed by atoms with E-state index in [1.807, 2.05) is 17.6 Å². The van der Waals surface area contributed by atoms with Crippen LogP contribution in [0.15, 0.2) is 28.0 Å². The number of hydrogen-bond donors (Lipinski definition) is 2. The third kappa shape index (κ3) is 4.51. The number of aromatic nitrogens is 4. The summed E-state index contributed by atoms with van der Waals surface area (Å²) in [7, 11) is 0. The Morgan fingerprint density at radius 1 is 1.48 bits per heavy atom. The fraction of sp³-hybridized carbons (Fsp3) is 0.333. The predicted molar refractivity (Wildman–Crippen MR) is 85.1 cm³/mol. The summed E-state index contributed by atoms with van der Waals surface area (Å²) in [6, 6.07) is 3.55. The molecule has 0 aliphatic carbocycles. The molecule has 2 heterocycles. The summed E-state index contributed by atoms with van der Waals surface area (Å²) in [6.45, 7) is 3.00. The standard InChI is InChI=1S/C12H15BrN6OS/c1-8-17-18-12(19(8)5-4-14)21-7-11(20)16-10-3-2-9(13)6-15-10/h2-3,6H,4-5,7,14H2,1H3,(H,15,16,20). The van der Waals surface area contributed by atoms with E-state index in [0.717, 1.165) is 10.3 Å². The van der Waals surface area contributed by atoms with Gasteiger partial charge in [-0.15, -0.1) is 10.2 Å². The third-order valence-corrected chi connectivity index (χ3v) is 4.02. The monoisotopic (exact) mass is 370 g/mol. The van der Waals surface area contributed by atoms with Crippen molar-refractivity contribution >= 4 is 39.4 Å². The third-order valence-electron chi connectivity index (χ3n) is 2.58. The normalized spacial score (nSPS) is 10.6. The molecule has 9 heteroatoms. The summed E-state index contributed by atoms with van der Waals surface area (Å²) in [5, 5.41) is 11.5. The van der Waals surface area contributed by atoms with E-state index in [4.69, 9.17) is 5.73 Å². The van der Waals surface area contributed by atoms with Crippen molar-refractivity contribution in [3.8, 4) is 0 Å². The Morgan fingerprint density at radius 3 is 2.95 bits per heavy atom. The van der Waals surface area contributed by atoms with Crippen LogP contribution in [0.5, 0.6) is 0 Å². The number of halogens is 1. The molecule has 0 bridgehead atoms. The SMILES string of the molecule is Cc1nnc(SCC(=O)Nc2ccc(Br)cn2)n1CCN. The maximum atomic E-state index is 11.9. The molecule has 0 aliphatic rings. The van der Waals surface area contributed by atoms with Crippen LogP contribution in [-0.4, -0.2) is 38.0 Å². The second-order valence-electron chi connectivity index (χ2n) is 4.17. The van der Waals surface area contributed by atoms with Gasteiger partial charge < -0.3 is 15.6 Å². The van der Waals surface area contributed by atoms with Gasteiger partial charge in [-0.05, 0) is 35.0 Å². The van der Waals surface area contributed by atoms with Crippen molar-refractivity contribution in [2.45, 2.75) is 18.6 Å². The summed E-state index contributed by atoms with van der Waals surface area (Å²) in [6.07, 6.45) is 1.63. The highest BCUT2D eigenvalue weighted by molar-refractivity contribution is 9.10. The molecular formula is C12H15BrN6OS. The molecule has 0 saturated carbocycles. The lowest BCUT2D eigenvalue weighted by Crippen LogP contribution is -2.16. The maximum Gasteiger partial charge on any atom is 0.236 e. The summed E-state index contributed by atoms with van der Waals surface area (Å²) in [5.41, 5.74) is 5.55. The van der Waals surface area contributed by atoms with Crippen LogP contribution in [0.2, 0.25) is 0 Å². The molecule has 2 aromatic rings. The summed E-state index contributed by atoms with van der Waals surface area (Å²) in [5.74, 6) is 1.40. The average molecular weight is 371 g/mol. The molecule has 7 nitrogen and oxygen atoms in total. The second kappa shape index (κ2) is 7.53. The lowest BCUT2D eigenvalue weighted by atomic mass is 10.4. The van der Waals surface area contributed by atoms with Gasteiger partial charge in [-0.25, -0.2) is 4.98 Å². The molecule has 1 amide bonds. The molecule has 0 fully saturated rings. The zero-order valence-corrected chi connectivity index (χ0v) is 13.8. The maximum absolute atomic E-state index is 11.9. The Balaban J connectivity index is 1.90. The van der Waals surface area contributed by atoms with Crippen molar-refractivity contribution in [2.24, 2.45) is 5.73 Å². The molecule has 21 heavy (non-hydrogen) atoms. The molecule has 0 radical (unpaired) electrons. The minimum Gasteiger partial charge on any atom is -0.329 e. The van der Waals surface area contributed by atoms with Crippen LogP contribution >= 0.6 is 27.7 Å². The molecule has 0 spiro atoms. The van der Waals surface area contributed by atoms with Crippen molar-refractivity contribution in [3.05, 3.63) is 28.6 Å². The number of nitrogens with one attached hydrogen (secondary N) is 1. The highest BCUT2D eigenvalue weighted by Gasteiger charge is 2.11. The molecule has 3 N–H and O–H groups in total. The Bertz CT molecular complexity index is 615. The molecule has 112 valence electrons. The molecule has 0 aromatic carbocycles. The van der Waals surface area contributed by atoms with Crippen LogP contribution in [-0.2, 0) is 11.3 Å². The van der Waals surface area contributed by atoms with Gasteiger partial charge in [-0.3, -0.25) is 4.79 Å². The number of nitrogens with two attached hydrogens (primary N) is 1. The van der Waals surface area contributed by atoms with E-state index in [0.29, 0.717) is 24.1 Å². The predicted octanol–water partition coefficient (Wildman–Crippen LogP) is 1.43. The van der Waals surface area contributed by atoms with Crippen LogP contribution < -0.4 is 11.1 Å². The number of rotatable bonds is 6. The summed E-state index contributed by atoms with van der Waals surface area (Å²) >= 11 is 4.61. The first-order chi connectivity index (χ1) is 10.1. The smallest absolute Gasteiger partial charge is 0.236 e. The largest absolute Gasteiger partial charge is 0.329 e. The first-order valence-corrected chi connectivity index (χ1v) is 8.02. The minimum atomic E-state index is -0.144. The topological polar surface area (TPSA) is 98.7 Å². The van der Waals surface area contributed by atoms with Gasteiger partial charge in [0.1, 0.15) is 11.6 Å². The first-order valence-electron chi connectivity index (χ1n) is 6.24. The van der Waals surface area contributed by atoms with Gasteiger partial charge in [0, 0.05) is 23.8 Å². The number of carbonyl (C=O) groups excluding carboxylic acids is 1. The number of aryl methyl sites for hydroxylation is 1. The van der Waals surface area contributed by atoms with Gasteiger partial charge in [-0.1, -0.05) is 11.8 Å². The number of hydrogen-bond acceptors (Lipinski definition) is 6. The van der Waals surface area contributed by atoms with Gasteiger partial charge in [0.25, 0.3) is 0 Å². The fourth-order valence-corrected chi connectivity index (χ4v) is 2.66. The van der Waals surface area contributed by atoms with E-state index < -0.39 is 0 Å². The second-order valence-corrected chi connectivity index (χ2v) is 6.03. The number of amides is 1. The van der Waals surface area contributed by atoms with Gasteiger partial charge in [-0.2, -0.15) is 0 Å². The lowest BCUT2D eigenvalue weighted by Gasteiger charge is -2.07. The Hall–Kier alpha value is -1.45. The van der Waals surface area contributed by atoms with Gasteiger partial charge in [0.2, 0.25) is 5.91 Å². The Kier molecular flexibility index (Phi) is 5.71. The molecule has 0 atom stereocenters. The van der Waals surface area contributed by atoms with Crippen LogP contribution in [0.25, 0.3) is 0 Å². The molecule has 2 aromatic heterocycles. The van der Waals surface area contributed by atoms with Crippen LogP contribution in [0.4, 0.5) is 5.82 Å². The van der Waals surface area contributed by atoms with Crippen LogP contribution in [0, 0.1) is 6.92 Å². The zero-order valence-electron chi connectivity index (χ0n) is 11.4. The summed E-state index contributed by atoms with van der Waals surface area (Å²) < 4.78 is 2.76. The fourth-order valence-electron chi connectivity index (χ4n) is 1.61. The molecule has 0 unspecified atom stereocenters. The van der Waals surface area contributed by atoms with E-state index in [1.165, 1.54) is 11.8 Å². The minimum absolute atomic E-state index is 0.144. The highest BCUT2D eigenvalue weighted by atomic mass is 79.9. The van der Waals surface area contributed by atoms with Crippen molar-refractivity contribution < 1.29 is 4.79 Å². The quantitative estimate of drug-likeness (QED) is 0.746. The van der Waals surface area contributed by atoms with Crippen molar-refractivity contribution in [1.82, 2.24) is 19.7 Å². The molecular weight excluding hydrogens is 356 g/mol. The first kappa shape index (κ1) is 15.9.